The van der Waals surface area contributed by atoms with Gasteiger partial charge in [-0.1, -0.05) is 13.3 Å². The minimum atomic E-state index is 0.120. The fourth-order valence-corrected chi connectivity index (χ4v) is 3.87. The van der Waals surface area contributed by atoms with Crippen molar-refractivity contribution >= 4 is 17.8 Å². The van der Waals surface area contributed by atoms with E-state index in [2.05, 4.69) is 23.4 Å². The molecular weight excluding hydrogens is 298 g/mol. The van der Waals surface area contributed by atoms with Crippen molar-refractivity contribution in [3.8, 4) is 0 Å². The fourth-order valence-electron chi connectivity index (χ4n) is 3.14. The van der Waals surface area contributed by atoms with E-state index in [9.17, 15) is 4.79 Å². The first-order valence-corrected chi connectivity index (χ1v) is 9.83. The Morgan fingerprint density at radius 3 is 2.82 bits per heavy atom. The summed E-state index contributed by atoms with van der Waals surface area (Å²) in [5.74, 6) is 0.477. The number of urea groups is 1. The minimum Gasteiger partial charge on any atom is -0.379 e. The third kappa shape index (κ3) is 5.97. The number of likely N-dealkylation sites (tertiary alicyclic amines) is 1. The second-order valence-electron chi connectivity index (χ2n) is 6.50. The average molecular weight is 330 g/mol. The number of hydrogen-bond acceptors (Lipinski definition) is 4. The topological polar surface area (TPSA) is 44.8 Å². The van der Waals surface area contributed by atoms with Crippen LogP contribution in [0.2, 0.25) is 0 Å². The van der Waals surface area contributed by atoms with Crippen LogP contribution >= 0.6 is 11.8 Å². The van der Waals surface area contributed by atoms with Crippen LogP contribution in [0.1, 0.15) is 26.2 Å². The Bertz CT molecular complexity index is 337. The lowest BCUT2D eigenvalue weighted by Gasteiger charge is -2.30. The predicted molar refractivity (Wildman–Crippen MR) is 92.5 cm³/mol. The number of hydrogen-bond donors (Lipinski definition) is 1. The molecule has 5 nitrogen and oxygen atoms in total. The van der Waals surface area contributed by atoms with E-state index in [1.165, 1.54) is 12.8 Å². The molecule has 2 heterocycles. The van der Waals surface area contributed by atoms with Gasteiger partial charge in [-0.2, -0.15) is 11.8 Å². The van der Waals surface area contributed by atoms with E-state index in [1.54, 1.807) is 0 Å². The summed E-state index contributed by atoms with van der Waals surface area (Å²) in [5.41, 5.74) is 0. The molecule has 2 fully saturated rings. The van der Waals surface area contributed by atoms with E-state index >= 15 is 0 Å². The predicted octanol–water partition coefficient (Wildman–Crippen LogP) is 1.88. The molecule has 2 aliphatic heterocycles. The van der Waals surface area contributed by atoms with Crippen molar-refractivity contribution in [2.45, 2.75) is 31.4 Å². The van der Waals surface area contributed by atoms with Gasteiger partial charge in [-0.15, -0.1) is 0 Å². The summed E-state index contributed by atoms with van der Waals surface area (Å²) in [5, 5.41) is 3.73. The molecule has 2 aliphatic rings. The number of nitrogens with zero attached hydrogens (tertiary/aromatic N) is 2. The van der Waals surface area contributed by atoms with Crippen molar-refractivity contribution in [1.29, 1.82) is 0 Å². The standard InChI is InChI=1S/C16H31N3O2S/c1-14(12-18-7-9-21-10-8-18)11-17-16(20)19-6-4-3-5-15(13-19)22-2/h14-15H,3-13H2,1-2H3,(H,17,20)/t14-,15+/m1/s1. The molecule has 0 saturated carbocycles. The van der Waals surface area contributed by atoms with E-state index in [4.69, 9.17) is 4.74 Å². The normalized spacial score (nSPS) is 25.5. The molecule has 0 aromatic heterocycles. The van der Waals surface area contributed by atoms with Crippen LogP contribution in [-0.4, -0.2) is 79.8 Å². The largest absolute Gasteiger partial charge is 0.379 e. The zero-order chi connectivity index (χ0) is 15.8. The highest BCUT2D eigenvalue weighted by Crippen LogP contribution is 2.20. The highest BCUT2D eigenvalue weighted by molar-refractivity contribution is 7.99. The van der Waals surface area contributed by atoms with Gasteiger partial charge >= 0.3 is 6.03 Å². The molecule has 0 aliphatic carbocycles. The van der Waals surface area contributed by atoms with Crippen molar-refractivity contribution in [2.75, 3.05) is 58.7 Å². The molecule has 2 amide bonds. The van der Waals surface area contributed by atoms with Crippen LogP contribution in [0.25, 0.3) is 0 Å². The molecule has 0 bridgehead atoms. The Morgan fingerprint density at radius 1 is 1.32 bits per heavy atom. The van der Waals surface area contributed by atoms with Gasteiger partial charge in [0.15, 0.2) is 0 Å². The molecular formula is C16H31N3O2S. The maximum Gasteiger partial charge on any atom is 0.317 e. The number of carbonyl (C=O) groups is 1. The Labute approximate surface area is 139 Å². The highest BCUT2D eigenvalue weighted by atomic mass is 32.2. The van der Waals surface area contributed by atoms with Gasteiger partial charge in [-0.3, -0.25) is 4.90 Å². The third-order valence-electron chi connectivity index (χ3n) is 4.52. The van der Waals surface area contributed by atoms with E-state index in [1.807, 2.05) is 16.7 Å². The average Bonchev–Trinajstić information content (AvgIpc) is 2.79. The quantitative estimate of drug-likeness (QED) is 0.836. The van der Waals surface area contributed by atoms with E-state index in [0.29, 0.717) is 11.2 Å². The molecule has 6 heteroatoms. The van der Waals surface area contributed by atoms with Crippen LogP contribution in [-0.2, 0) is 4.74 Å². The van der Waals surface area contributed by atoms with Gasteiger partial charge in [0.1, 0.15) is 0 Å². The summed E-state index contributed by atoms with van der Waals surface area (Å²) >= 11 is 1.89. The number of amides is 2. The number of carbonyl (C=O) groups excluding carboxylic acids is 1. The number of rotatable bonds is 5. The van der Waals surface area contributed by atoms with Gasteiger partial charge < -0.3 is 15.0 Å². The molecule has 0 aromatic carbocycles. The molecule has 22 heavy (non-hydrogen) atoms. The Morgan fingerprint density at radius 2 is 2.09 bits per heavy atom. The molecule has 2 atom stereocenters. The van der Waals surface area contributed by atoms with Gasteiger partial charge in [0.05, 0.1) is 13.2 Å². The van der Waals surface area contributed by atoms with E-state index in [0.717, 1.165) is 58.9 Å². The monoisotopic (exact) mass is 329 g/mol. The first kappa shape index (κ1) is 17.9. The van der Waals surface area contributed by atoms with E-state index in [-0.39, 0.29) is 6.03 Å². The number of nitrogens with one attached hydrogen (secondary N) is 1. The third-order valence-corrected chi connectivity index (χ3v) is 5.58. The van der Waals surface area contributed by atoms with Gasteiger partial charge in [-0.05, 0) is 25.0 Å². The van der Waals surface area contributed by atoms with Crippen molar-refractivity contribution < 1.29 is 9.53 Å². The first-order valence-electron chi connectivity index (χ1n) is 8.54. The number of thioether (sulfide) groups is 1. The molecule has 2 saturated heterocycles. The lowest BCUT2D eigenvalue weighted by molar-refractivity contribution is 0.0319. The molecule has 0 aromatic rings. The molecule has 0 unspecified atom stereocenters. The lowest BCUT2D eigenvalue weighted by Crippen LogP contribution is -2.46. The van der Waals surface area contributed by atoms with Gasteiger partial charge in [0.2, 0.25) is 0 Å². The maximum absolute atomic E-state index is 12.4. The summed E-state index contributed by atoms with van der Waals surface area (Å²) in [6, 6.07) is 0.120. The zero-order valence-corrected chi connectivity index (χ0v) is 14.9. The molecule has 128 valence electrons. The van der Waals surface area contributed by atoms with Crippen LogP contribution in [0, 0.1) is 5.92 Å². The summed E-state index contributed by atoms with van der Waals surface area (Å²) in [4.78, 5) is 16.8. The summed E-state index contributed by atoms with van der Waals surface area (Å²) in [6.07, 6.45) is 5.76. The molecule has 2 rings (SSSR count). The van der Waals surface area contributed by atoms with Crippen LogP contribution < -0.4 is 5.32 Å². The first-order chi connectivity index (χ1) is 10.7. The van der Waals surface area contributed by atoms with Crippen LogP contribution in [0.3, 0.4) is 0 Å². The lowest BCUT2D eigenvalue weighted by atomic mass is 10.1. The van der Waals surface area contributed by atoms with Crippen molar-refractivity contribution in [1.82, 2.24) is 15.1 Å². The summed E-state index contributed by atoms with van der Waals surface area (Å²) in [6.45, 7) is 9.51. The van der Waals surface area contributed by atoms with Gasteiger partial charge in [-0.25, -0.2) is 4.79 Å². The van der Waals surface area contributed by atoms with Gasteiger partial charge in [0.25, 0.3) is 0 Å². The van der Waals surface area contributed by atoms with Crippen molar-refractivity contribution in [2.24, 2.45) is 5.92 Å². The minimum absolute atomic E-state index is 0.120. The second kappa shape index (κ2) is 9.63. The zero-order valence-electron chi connectivity index (χ0n) is 14.1. The second-order valence-corrected chi connectivity index (χ2v) is 7.64. The van der Waals surface area contributed by atoms with E-state index < -0.39 is 0 Å². The number of ether oxygens (including phenoxy) is 1. The van der Waals surface area contributed by atoms with Crippen LogP contribution in [0.4, 0.5) is 4.79 Å². The fraction of sp³-hybridized carbons (Fsp3) is 0.938. The molecule has 0 radical (unpaired) electrons. The summed E-state index contributed by atoms with van der Waals surface area (Å²) in [7, 11) is 0. The van der Waals surface area contributed by atoms with Crippen molar-refractivity contribution in [3.63, 3.8) is 0 Å². The SMILES string of the molecule is CS[C@H]1CCCCN(C(=O)NC[C@@H](C)CN2CCOCC2)C1. The van der Waals surface area contributed by atoms with Crippen LogP contribution in [0.5, 0.6) is 0 Å². The highest BCUT2D eigenvalue weighted by Gasteiger charge is 2.22. The Kier molecular flexibility index (Phi) is 7.83. The number of morpholine rings is 1. The van der Waals surface area contributed by atoms with Gasteiger partial charge in [0, 0.05) is 44.5 Å². The van der Waals surface area contributed by atoms with Crippen LogP contribution in [0.15, 0.2) is 0 Å². The smallest absolute Gasteiger partial charge is 0.317 e. The van der Waals surface area contributed by atoms with Crippen molar-refractivity contribution in [3.05, 3.63) is 0 Å². The Balaban J connectivity index is 1.69. The Hall–Kier alpha value is -0.460. The molecule has 0 spiro atoms. The maximum atomic E-state index is 12.4. The molecule has 1 N–H and O–H groups in total. The summed E-state index contributed by atoms with van der Waals surface area (Å²) < 4.78 is 5.37.